The van der Waals surface area contributed by atoms with E-state index in [1.165, 1.54) is 0 Å². The number of allylic oxidation sites excluding steroid dienone is 2. The summed E-state index contributed by atoms with van der Waals surface area (Å²) < 4.78 is 5.16. The number of methoxy groups -OCH3 is 1. The van der Waals surface area contributed by atoms with Gasteiger partial charge in [0.25, 0.3) is 5.91 Å². The van der Waals surface area contributed by atoms with Crippen LogP contribution in [0.3, 0.4) is 0 Å². The summed E-state index contributed by atoms with van der Waals surface area (Å²) in [6.45, 7) is 0. The van der Waals surface area contributed by atoms with Gasteiger partial charge in [-0.25, -0.2) is 5.43 Å². The molecule has 1 aromatic rings. The number of para-hydroxylation sites is 1. The molecule has 0 saturated heterocycles. The lowest BCUT2D eigenvalue weighted by atomic mass is 9.74. The van der Waals surface area contributed by atoms with Crippen LogP contribution < -0.4 is 10.2 Å². The van der Waals surface area contributed by atoms with Crippen LogP contribution in [0, 0.1) is 11.8 Å². The molecular weight excluding hydrogens is 240 g/mol. The van der Waals surface area contributed by atoms with Gasteiger partial charge in [0.1, 0.15) is 5.75 Å². The molecule has 0 spiro atoms. The highest BCUT2D eigenvalue weighted by molar-refractivity contribution is 5.99. The lowest BCUT2D eigenvalue weighted by Gasteiger charge is -2.31. The number of hydrogen-bond acceptors (Lipinski definition) is 3. The Balaban J connectivity index is 1.67. The SMILES string of the molecule is COc1ccccc1C(=O)N/N=C1/CC2C=CCC12. The molecule has 2 unspecified atom stereocenters. The van der Waals surface area contributed by atoms with E-state index in [0.717, 1.165) is 18.6 Å². The highest BCUT2D eigenvalue weighted by Crippen LogP contribution is 2.40. The zero-order valence-corrected chi connectivity index (χ0v) is 10.8. The van der Waals surface area contributed by atoms with E-state index in [4.69, 9.17) is 4.74 Å². The normalized spacial score (nSPS) is 25.8. The molecule has 0 bridgehead atoms. The lowest BCUT2D eigenvalue weighted by molar-refractivity contribution is 0.0951. The number of ether oxygens (including phenoxy) is 1. The third-order valence-corrected chi connectivity index (χ3v) is 3.82. The standard InChI is InChI=1S/C15H16N2O2/c1-19-14-8-3-2-6-12(14)15(18)17-16-13-9-10-5-4-7-11(10)13/h2-6,8,10-11H,7,9H2,1H3,(H,17,18)/b16-13-. The van der Waals surface area contributed by atoms with Crippen LogP contribution in [0.25, 0.3) is 0 Å². The molecule has 0 aliphatic heterocycles. The minimum atomic E-state index is -0.223. The van der Waals surface area contributed by atoms with Gasteiger partial charge < -0.3 is 4.74 Å². The quantitative estimate of drug-likeness (QED) is 0.666. The molecule has 0 radical (unpaired) electrons. The van der Waals surface area contributed by atoms with E-state index in [0.29, 0.717) is 23.1 Å². The summed E-state index contributed by atoms with van der Waals surface area (Å²) in [6.07, 6.45) is 6.45. The molecule has 1 fully saturated rings. The molecule has 2 aliphatic rings. The maximum atomic E-state index is 12.0. The van der Waals surface area contributed by atoms with Gasteiger partial charge in [0.2, 0.25) is 0 Å². The minimum Gasteiger partial charge on any atom is -0.496 e. The van der Waals surface area contributed by atoms with Crippen LogP contribution in [-0.2, 0) is 0 Å². The number of nitrogens with one attached hydrogen (secondary N) is 1. The van der Waals surface area contributed by atoms with Gasteiger partial charge >= 0.3 is 0 Å². The molecule has 1 saturated carbocycles. The Hall–Kier alpha value is -2.10. The number of amides is 1. The predicted molar refractivity (Wildman–Crippen MR) is 73.2 cm³/mol. The third-order valence-electron chi connectivity index (χ3n) is 3.82. The molecule has 4 heteroatoms. The maximum Gasteiger partial charge on any atom is 0.275 e. The van der Waals surface area contributed by atoms with E-state index in [1.807, 2.05) is 12.1 Å². The van der Waals surface area contributed by atoms with Crippen LogP contribution in [-0.4, -0.2) is 18.7 Å². The van der Waals surface area contributed by atoms with Gasteiger partial charge in [-0.1, -0.05) is 24.3 Å². The summed E-state index contributed by atoms with van der Waals surface area (Å²) in [5.74, 6) is 1.49. The van der Waals surface area contributed by atoms with Crippen molar-refractivity contribution in [2.45, 2.75) is 12.8 Å². The van der Waals surface area contributed by atoms with Gasteiger partial charge in [0.05, 0.1) is 12.7 Å². The van der Waals surface area contributed by atoms with E-state index < -0.39 is 0 Å². The molecular formula is C15H16N2O2. The van der Waals surface area contributed by atoms with Crippen LogP contribution in [0.15, 0.2) is 41.5 Å². The second-order valence-electron chi connectivity index (χ2n) is 4.88. The van der Waals surface area contributed by atoms with Crippen LogP contribution >= 0.6 is 0 Å². The largest absolute Gasteiger partial charge is 0.496 e. The van der Waals surface area contributed by atoms with Gasteiger partial charge in [-0.15, -0.1) is 0 Å². The molecule has 0 aromatic heterocycles. The number of nitrogens with zero attached hydrogens (tertiary/aromatic N) is 1. The first-order valence-corrected chi connectivity index (χ1v) is 6.46. The van der Waals surface area contributed by atoms with Crippen LogP contribution in [0.4, 0.5) is 0 Å². The monoisotopic (exact) mass is 256 g/mol. The van der Waals surface area contributed by atoms with Crippen molar-refractivity contribution in [3.63, 3.8) is 0 Å². The summed E-state index contributed by atoms with van der Waals surface area (Å²) in [5, 5.41) is 4.25. The van der Waals surface area contributed by atoms with Crippen molar-refractivity contribution in [3.8, 4) is 5.75 Å². The average Bonchev–Trinajstić information content (AvgIpc) is 2.80. The molecule has 0 heterocycles. The molecule has 19 heavy (non-hydrogen) atoms. The Kier molecular flexibility index (Phi) is 3.07. The summed E-state index contributed by atoms with van der Waals surface area (Å²) in [7, 11) is 1.55. The van der Waals surface area contributed by atoms with Gasteiger partial charge in [-0.05, 0) is 30.9 Å². The first kappa shape index (κ1) is 12.0. The molecule has 1 N–H and O–H groups in total. The van der Waals surface area contributed by atoms with Crippen molar-refractivity contribution in [2.75, 3.05) is 7.11 Å². The highest BCUT2D eigenvalue weighted by atomic mass is 16.5. The van der Waals surface area contributed by atoms with E-state index in [2.05, 4.69) is 22.7 Å². The lowest BCUT2D eigenvalue weighted by Crippen LogP contribution is -2.35. The molecule has 3 rings (SSSR count). The number of fused-ring (bicyclic) bond motifs is 1. The van der Waals surface area contributed by atoms with Crippen molar-refractivity contribution in [3.05, 3.63) is 42.0 Å². The highest BCUT2D eigenvalue weighted by Gasteiger charge is 2.38. The first-order chi connectivity index (χ1) is 9.29. The Labute approximate surface area is 112 Å². The number of rotatable bonds is 3. The Morgan fingerprint density at radius 1 is 1.42 bits per heavy atom. The average molecular weight is 256 g/mol. The molecule has 1 amide bonds. The van der Waals surface area contributed by atoms with Crippen molar-refractivity contribution < 1.29 is 9.53 Å². The fourth-order valence-electron chi connectivity index (χ4n) is 2.68. The summed E-state index contributed by atoms with van der Waals surface area (Å²) >= 11 is 0. The van der Waals surface area contributed by atoms with Crippen LogP contribution in [0.1, 0.15) is 23.2 Å². The Morgan fingerprint density at radius 3 is 3.05 bits per heavy atom. The fourth-order valence-corrected chi connectivity index (χ4v) is 2.68. The summed E-state index contributed by atoms with van der Waals surface area (Å²) in [6, 6.07) is 7.14. The topological polar surface area (TPSA) is 50.7 Å². The molecule has 98 valence electrons. The number of carbonyl (C=O) groups excluding carboxylic acids is 1. The van der Waals surface area contributed by atoms with Crippen LogP contribution in [0.5, 0.6) is 5.75 Å². The van der Waals surface area contributed by atoms with Crippen LogP contribution in [0.2, 0.25) is 0 Å². The molecule has 1 aromatic carbocycles. The fraction of sp³-hybridized carbons (Fsp3) is 0.333. The zero-order chi connectivity index (χ0) is 13.2. The number of carbonyl (C=O) groups is 1. The Bertz CT molecular complexity index is 563. The van der Waals surface area contributed by atoms with E-state index >= 15 is 0 Å². The third kappa shape index (κ3) is 2.14. The van der Waals surface area contributed by atoms with Gasteiger partial charge in [-0.2, -0.15) is 5.10 Å². The van der Waals surface area contributed by atoms with Gasteiger partial charge in [-0.3, -0.25) is 4.79 Å². The minimum absolute atomic E-state index is 0.223. The second-order valence-corrected chi connectivity index (χ2v) is 4.88. The van der Waals surface area contributed by atoms with Gasteiger partial charge in [0.15, 0.2) is 0 Å². The molecule has 2 atom stereocenters. The second kappa shape index (κ2) is 4.88. The van der Waals surface area contributed by atoms with Crippen molar-refractivity contribution >= 4 is 11.6 Å². The van der Waals surface area contributed by atoms with Crippen molar-refractivity contribution in [1.29, 1.82) is 0 Å². The van der Waals surface area contributed by atoms with E-state index in [1.54, 1.807) is 19.2 Å². The van der Waals surface area contributed by atoms with Crippen molar-refractivity contribution in [1.82, 2.24) is 5.43 Å². The molecule has 2 aliphatic carbocycles. The molecule has 4 nitrogen and oxygen atoms in total. The number of hydrazone groups is 1. The predicted octanol–water partition coefficient (Wildman–Crippen LogP) is 2.38. The smallest absolute Gasteiger partial charge is 0.275 e. The van der Waals surface area contributed by atoms with Crippen molar-refractivity contribution in [2.24, 2.45) is 16.9 Å². The van der Waals surface area contributed by atoms with E-state index in [-0.39, 0.29) is 5.91 Å². The van der Waals surface area contributed by atoms with Gasteiger partial charge in [0, 0.05) is 11.6 Å². The summed E-state index contributed by atoms with van der Waals surface area (Å²) in [5.41, 5.74) is 4.23. The summed E-state index contributed by atoms with van der Waals surface area (Å²) in [4.78, 5) is 12.0. The zero-order valence-electron chi connectivity index (χ0n) is 10.8. The number of hydrogen-bond donors (Lipinski definition) is 1. The maximum absolute atomic E-state index is 12.0. The Morgan fingerprint density at radius 2 is 2.26 bits per heavy atom. The first-order valence-electron chi connectivity index (χ1n) is 6.46. The number of benzene rings is 1. The van der Waals surface area contributed by atoms with E-state index in [9.17, 15) is 4.79 Å².